The monoisotopic (exact) mass is 337 g/mol. The highest BCUT2D eigenvalue weighted by Crippen LogP contribution is 2.06. The molecule has 0 aliphatic rings. The van der Waals surface area contributed by atoms with Crippen LogP contribution < -0.4 is 5.73 Å². The lowest BCUT2D eigenvalue weighted by atomic mass is 10.1. The lowest BCUT2D eigenvalue weighted by molar-refractivity contribution is -0.139. The molecule has 0 aromatic carbocycles. The van der Waals surface area contributed by atoms with Gasteiger partial charge < -0.3 is 35.3 Å². The second kappa shape index (κ2) is 11.8. The Balaban J connectivity index is 4.23. The lowest BCUT2D eigenvalue weighted by Gasteiger charge is -2.28. The van der Waals surface area contributed by atoms with Crippen molar-refractivity contribution in [3.05, 3.63) is 0 Å². The van der Waals surface area contributed by atoms with Gasteiger partial charge in [-0.15, -0.1) is 0 Å². The fourth-order valence-electron chi connectivity index (χ4n) is 1.43. The molecule has 0 amide bonds. The third kappa shape index (κ3) is 13.6. The average molecular weight is 337 g/mol. The predicted octanol–water partition coefficient (Wildman–Crippen LogP) is -0.842. The summed E-state index contributed by atoms with van der Waals surface area (Å²) in [6.07, 6.45) is -0.554. The van der Waals surface area contributed by atoms with Crippen molar-refractivity contribution < 1.29 is 43.9 Å². The van der Waals surface area contributed by atoms with E-state index in [-0.39, 0.29) is 58.9 Å². The van der Waals surface area contributed by atoms with Gasteiger partial charge in [-0.3, -0.25) is 14.4 Å². The Morgan fingerprint density at radius 1 is 0.696 bits per heavy atom. The number of carbonyl (C=O) groups is 3. The van der Waals surface area contributed by atoms with Crippen LogP contribution in [0.25, 0.3) is 0 Å². The number of hydrogen-bond donors (Lipinski definition) is 4. The molecule has 0 radical (unpaired) electrons. The molecule has 10 heteroatoms. The van der Waals surface area contributed by atoms with Crippen LogP contribution in [0.15, 0.2) is 0 Å². The average Bonchev–Trinajstić information content (AvgIpc) is 2.44. The second-order valence-electron chi connectivity index (χ2n) is 4.95. The van der Waals surface area contributed by atoms with Gasteiger partial charge in [-0.1, -0.05) is 0 Å². The summed E-state index contributed by atoms with van der Waals surface area (Å²) >= 11 is 0. The Bertz CT molecular complexity index is 331. The first-order valence-corrected chi connectivity index (χ1v) is 6.93. The summed E-state index contributed by atoms with van der Waals surface area (Å²) in [6, 6.07) is 0. The Morgan fingerprint density at radius 3 is 1.17 bits per heavy atom. The summed E-state index contributed by atoms with van der Waals surface area (Å²) in [5.74, 6) is -3.03. The molecule has 0 aromatic rings. The smallest absolute Gasteiger partial charge is 0.305 e. The number of carboxylic acids is 3. The van der Waals surface area contributed by atoms with Gasteiger partial charge in [-0.2, -0.15) is 0 Å². The zero-order chi connectivity index (χ0) is 17.7. The standard InChI is InChI=1S/C13H23NO9/c14-13(7-21-4-1-10(15)16,8-22-5-2-11(17)18)9-23-6-3-12(19)20/h1-9,14H2,(H,15,16)(H,17,18)(H,19,20). The third-order valence-corrected chi connectivity index (χ3v) is 2.55. The molecular formula is C13H23NO9. The van der Waals surface area contributed by atoms with Gasteiger partial charge >= 0.3 is 17.9 Å². The maximum absolute atomic E-state index is 10.4. The van der Waals surface area contributed by atoms with Crippen molar-refractivity contribution in [3.63, 3.8) is 0 Å². The van der Waals surface area contributed by atoms with Crippen LogP contribution in [0.2, 0.25) is 0 Å². The normalized spacial score (nSPS) is 11.3. The molecule has 0 atom stereocenters. The van der Waals surface area contributed by atoms with Gasteiger partial charge in [0, 0.05) is 0 Å². The second-order valence-corrected chi connectivity index (χ2v) is 4.95. The van der Waals surface area contributed by atoms with Crippen LogP contribution in [0.4, 0.5) is 0 Å². The molecule has 10 nitrogen and oxygen atoms in total. The topological polar surface area (TPSA) is 166 Å². The Hall–Kier alpha value is -1.75. The van der Waals surface area contributed by atoms with E-state index in [1.54, 1.807) is 0 Å². The van der Waals surface area contributed by atoms with Gasteiger partial charge in [0.05, 0.1) is 64.4 Å². The maximum atomic E-state index is 10.4. The van der Waals surface area contributed by atoms with Crippen molar-refractivity contribution >= 4 is 17.9 Å². The molecule has 23 heavy (non-hydrogen) atoms. The van der Waals surface area contributed by atoms with Gasteiger partial charge in [0.2, 0.25) is 0 Å². The third-order valence-electron chi connectivity index (χ3n) is 2.55. The number of hydrogen-bond acceptors (Lipinski definition) is 7. The summed E-state index contributed by atoms with van der Waals surface area (Å²) in [4.78, 5) is 31.2. The number of nitrogens with two attached hydrogens (primary N) is 1. The first-order chi connectivity index (χ1) is 10.7. The van der Waals surface area contributed by atoms with Crippen LogP contribution in [-0.4, -0.2) is 78.4 Å². The number of rotatable bonds is 15. The van der Waals surface area contributed by atoms with E-state index in [0.29, 0.717) is 0 Å². The molecule has 0 heterocycles. The molecular weight excluding hydrogens is 314 g/mol. The highest BCUT2D eigenvalue weighted by molar-refractivity contribution is 5.67. The predicted molar refractivity (Wildman–Crippen MR) is 76.1 cm³/mol. The van der Waals surface area contributed by atoms with Crippen molar-refractivity contribution in [1.82, 2.24) is 0 Å². The van der Waals surface area contributed by atoms with Gasteiger partial charge in [-0.25, -0.2) is 0 Å². The van der Waals surface area contributed by atoms with Crippen molar-refractivity contribution in [2.75, 3.05) is 39.6 Å². The van der Waals surface area contributed by atoms with E-state index >= 15 is 0 Å². The SMILES string of the molecule is NC(COCCC(=O)O)(COCCC(=O)O)COCCC(=O)O. The fourth-order valence-corrected chi connectivity index (χ4v) is 1.43. The maximum Gasteiger partial charge on any atom is 0.305 e. The van der Waals surface area contributed by atoms with Gasteiger partial charge in [-0.05, 0) is 0 Å². The van der Waals surface area contributed by atoms with E-state index in [1.807, 2.05) is 0 Å². The molecule has 0 aromatic heterocycles. The number of aliphatic carboxylic acids is 3. The highest BCUT2D eigenvalue weighted by Gasteiger charge is 2.27. The molecule has 0 rings (SSSR count). The summed E-state index contributed by atoms with van der Waals surface area (Å²) in [7, 11) is 0. The van der Waals surface area contributed by atoms with Crippen LogP contribution >= 0.6 is 0 Å². The van der Waals surface area contributed by atoms with Gasteiger partial charge in [0.1, 0.15) is 0 Å². The molecule has 5 N–H and O–H groups in total. The van der Waals surface area contributed by atoms with Gasteiger partial charge in [0.25, 0.3) is 0 Å². The Kier molecular flexibility index (Phi) is 10.9. The summed E-state index contributed by atoms with van der Waals surface area (Å²) in [6.45, 7) is -0.336. The van der Waals surface area contributed by atoms with E-state index in [9.17, 15) is 14.4 Å². The van der Waals surface area contributed by atoms with Crippen molar-refractivity contribution in [2.24, 2.45) is 5.73 Å². The zero-order valence-corrected chi connectivity index (χ0v) is 12.7. The molecule has 0 bridgehead atoms. The minimum Gasteiger partial charge on any atom is -0.481 e. The van der Waals surface area contributed by atoms with E-state index in [4.69, 9.17) is 35.3 Å². The molecule has 0 saturated heterocycles. The quantitative estimate of drug-likeness (QED) is 0.277. The zero-order valence-electron chi connectivity index (χ0n) is 12.7. The first-order valence-electron chi connectivity index (χ1n) is 6.93. The van der Waals surface area contributed by atoms with E-state index in [2.05, 4.69) is 0 Å². The Labute approximate surface area is 133 Å². The molecule has 0 fully saturated rings. The van der Waals surface area contributed by atoms with Crippen LogP contribution in [-0.2, 0) is 28.6 Å². The molecule has 0 spiro atoms. The van der Waals surface area contributed by atoms with E-state index in [1.165, 1.54) is 0 Å². The fraction of sp³-hybridized carbons (Fsp3) is 0.769. The number of carboxylic acid groups (broad SMARTS) is 3. The molecule has 0 aliphatic carbocycles. The Morgan fingerprint density at radius 2 is 0.957 bits per heavy atom. The van der Waals surface area contributed by atoms with Crippen molar-refractivity contribution in [2.45, 2.75) is 24.8 Å². The van der Waals surface area contributed by atoms with Crippen LogP contribution in [0, 0.1) is 0 Å². The molecule has 0 saturated carbocycles. The summed E-state index contributed by atoms with van der Waals surface area (Å²) in [5.41, 5.74) is 4.90. The molecule has 134 valence electrons. The number of ether oxygens (including phenoxy) is 3. The van der Waals surface area contributed by atoms with Crippen LogP contribution in [0.3, 0.4) is 0 Å². The summed E-state index contributed by atoms with van der Waals surface area (Å²) < 4.78 is 15.5. The largest absolute Gasteiger partial charge is 0.481 e. The minimum atomic E-state index is -1.13. The van der Waals surface area contributed by atoms with Crippen molar-refractivity contribution in [1.29, 1.82) is 0 Å². The van der Waals surface area contributed by atoms with Crippen LogP contribution in [0.5, 0.6) is 0 Å². The molecule has 0 aliphatic heterocycles. The van der Waals surface area contributed by atoms with E-state index < -0.39 is 23.4 Å². The van der Waals surface area contributed by atoms with Crippen LogP contribution in [0.1, 0.15) is 19.3 Å². The minimum absolute atomic E-state index is 0.0431. The lowest BCUT2D eigenvalue weighted by Crippen LogP contribution is -2.53. The molecule has 0 unspecified atom stereocenters. The van der Waals surface area contributed by atoms with Crippen molar-refractivity contribution in [3.8, 4) is 0 Å². The highest BCUT2D eigenvalue weighted by atomic mass is 16.5. The van der Waals surface area contributed by atoms with Gasteiger partial charge in [0.15, 0.2) is 0 Å². The van der Waals surface area contributed by atoms with E-state index in [0.717, 1.165) is 0 Å². The first kappa shape index (κ1) is 21.2. The summed E-state index contributed by atoms with van der Waals surface area (Å²) in [5, 5.41) is 25.6.